The van der Waals surface area contributed by atoms with Crippen molar-refractivity contribution in [3.8, 4) is 11.4 Å². The van der Waals surface area contributed by atoms with E-state index in [1.807, 2.05) is 0 Å². The Hall–Kier alpha value is -2.41. The first kappa shape index (κ1) is 12.6. The molecule has 0 spiro atoms. The fraction of sp³-hybridized carbons (Fsp3) is 0.0769. The van der Waals surface area contributed by atoms with Crippen molar-refractivity contribution < 1.29 is 8.42 Å². The van der Waals surface area contributed by atoms with Crippen LogP contribution in [-0.2, 0) is 9.84 Å². The second kappa shape index (κ2) is 4.31. The predicted molar refractivity (Wildman–Crippen MR) is 76.8 cm³/mol. The Bertz CT molecular complexity index is 882. The average Bonchev–Trinajstić information content (AvgIpc) is 2.81. The van der Waals surface area contributed by atoms with Crippen molar-refractivity contribution in [1.82, 2.24) is 15.0 Å². The Balaban J connectivity index is 2.23. The first-order valence-corrected chi connectivity index (χ1v) is 7.75. The third-order valence-corrected chi connectivity index (χ3v) is 4.06. The normalized spacial score (nSPS) is 11.8. The van der Waals surface area contributed by atoms with Crippen molar-refractivity contribution >= 4 is 26.7 Å². The Morgan fingerprint density at radius 1 is 1.20 bits per heavy atom. The van der Waals surface area contributed by atoms with Gasteiger partial charge in [-0.25, -0.2) is 18.4 Å². The fourth-order valence-electron chi connectivity index (χ4n) is 1.99. The fourth-order valence-corrected chi connectivity index (χ4v) is 2.82. The number of hydrogen-bond donors (Lipinski definition) is 2. The number of H-pyrrole nitrogens is 1. The third kappa shape index (κ3) is 2.12. The molecule has 2 heterocycles. The van der Waals surface area contributed by atoms with Gasteiger partial charge in [0.05, 0.1) is 10.4 Å². The van der Waals surface area contributed by atoms with Crippen molar-refractivity contribution in [3.63, 3.8) is 0 Å². The summed E-state index contributed by atoms with van der Waals surface area (Å²) in [6, 6.07) is 8.46. The molecule has 2 aromatic heterocycles. The SMILES string of the molecule is CS(=O)(=O)c1cccc2[nH]c(-c3ccc(N)nc3)nc12. The van der Waals surface area contributed by atoms with Gasteiger partial charge < -0.3 is 10.7 Å². The van der Waals surface area contributed by atoms with Gasteiger partial charge >= 0.3 is 0 Å². The molecule has 102 valence electrons. The van der Waals surface area contributed by atoms with Gasteiger partial charge in [-0.15, -0.1) is 0 Å². The summed E-state index contributed by atoms with van der Waals surface area (Å²) >= 11 is 0. The number of nitrogen functional groups attached to an aromatic ring is 1. The summed E-state index contributed by atoms with van der Waals surface area (Å²) in [5, 5.41) is 0. The van der Waals surface area contributed by atoms with E-state index >= 15 is 0 Å². The molecule has 3 aromatic rings. The van der Waals surface area contributed by atoms with Crippen LogP contribution in [0.1, 0.15) is 0 Å². The highest BCUT2D eigenvalue weighted by atomic mass is 32.2. The molecule has 0 saturated heterocycles. The number of nitrogens with two attached hydrogens (primary N) is 1. The molecule has 0 aliphatic carbocycles. The molecule has 0 radical (unpaired) electrons. The minimum absolute atomic E-state index is 0.209. The Labute approximate surface area is 115 Å². The molecule has 0 fully saturated rings. The maximum atomic E-state index is 11.8. The summed E-state index contributed by atoms with van der Waals surface area (Å²) in [4.78, 5) is 11.7. The lowest BCUT2D eigenvalue weighted by atomic mass is 10.3. The smallest absolute Gasteiger partial charge is 0.177 e. The number of benzene rings is 1. The number of aromatic amines is 1. The highest BCUT2D eigenvalue weighted by Crippen LogP contribution is 2.25. The zero-order valence-corrected chi connectivity index (χ0v) is 11.5. The molecule has 1 aromatic carbocycles. The number of nitrogens with one attached hydrogen (secondary N) is 1. The number of pyridine rings is 1. The number of anilines is 1. The number of aromatic nitrogens is 3. The van der Waals surface area contributed by atoms with Gasteiger partial charge in [0.2, 0.25) is 0 Å². The van der Waals surface area contributed by atoms with Crippen LogP contribution < -0.4 is 5.73 Å². The lowest BCUT2D eigenvalue weighted by Crippen LogP contribution is -1.97. The Morgan fingerprint density at radius 3 is 2.65 bits per heavy atom. The maximum absolute atomic E-state index is 11.8. The molecule has 0 unspecified atom stereocenters. The van der Waals surface area contributed by atoms with Gasteiger partial charge in [0.25, 0.3) is 0 Å². The minimum atomic E-state index is -3.32. The Kier molecular flexibility index (Phi) is 2.72. The first-order chi connectivity index (χ1) is 9.45. The molecule has 3 rings (SSSR count). The number of hydrogen-bond acceptors (Lipinski definition) is 5. The minimum Gasteiger partial charge on any atom is -0.384 e. The third-order valence-electron chi connectivity index (χ3n) is 2.93. The van der Waals surface area contributed by atoms with Crippen LogP contribution in [0.4, 0.5) is 5.82 Å². The molecule has 0 amide bonds. The van der Waals surface area contributed by atoms with Crippen LogP contribution in [0.3, 0.4) is 0 Å². The lowest BCUT2D eigenvalue weighted by molar-refractivity contribution is 0.602. The number of rotatable bonds is 2. The monoisotopic (exact) mass is 288 g/mol. The van der Waals surface area contributed by atoms with Crippen LogP contribution in [0.15, 0.2) is 41.4 Å². The van der Waals surface area contributed by atoms with E-state index in [1.54, 1.807) is 36.5 Å². The number of nitrogens with zero attached hydrogens (tertiary/aromatic N) is 2. The molecule has 0 saturated carbocycles. The van der Waals surface area contributed by atoms with Crippen molar-refractivity contribution in [3.05, 3.63) is 36.5 Å². The van der Waals surface area contributed by atoms with Crippen molar-refractivity contribution in [2.75, 3.05) is 12.0 Å². The average molecular weight is 288 g/mol. The van der Waals surface area contributed by atoms with Crippen LogP contribution in [0.2, 0.25) is 0 Å². The molecule has 20 heavy (non-hydrogen) atoms. The number of sulfone groups is 1. The summed E-state index contributed by atoms with van der Waals surface area (Å²) in [7, 11) is -3.32. The predicted octanol–water partition coefficient (Wildman–Crippen LogP) is 1.61. The van der Waals surface area contributed by atoms with E-state index in [4.69, 9.17) is 5.73 Å². The van der Waals surface area contributed by atoms with E-state index < -0.39 is 9.84 Å². The van der Waals surface area contributed by atoms with E-state index in [0.717, 1.165) is 5.56 Å². The zero-order valence-electron chi connectivity index (χ0n) is 10.7. The van der Waals surface area contributed by atoms with Gasteiger partial charge in [-0.3, -0.25) is 0 Å². The quantitative estimate of drug-likeness (QED) is 0.746. The van der Waals surface area contributed by atoms with Gasteiger partial charge in [0, 0.05) is 18.0 Å². The summed E-state index contributed by atoms with van der Waals surface area (Å²) in [5.41, 5.74) is 7.38. The molecule has 0 bridgehead atoms. The molecule has 0 aliphatic rings. The summed E-state index contributed by atoms with van der Waals surface area (Å²) in [5.74, 6) is 0.977. The summed E-state index contributed by atoms with van der Waals surface area (Å²) < 4.78 is 23.5. The number of fused-ring (bicyclic) bond motifs is 1. The van der Waals surface area contributed by atoms with E-state index in [9.17, 15) is 8.42 Å². The van der Waals surface area contributed by atoms with Crippen molar-refractivity contribution in [2.45, 2.75) is 4.90 Å². The largest absolute Gasteiger partial charge is 0.384 e. The second-order valence-corrected chi connectivity index (χ2v) is 6.47. The van der Waals surface area contributed by atoms with Gasteiger partial charge in [-0.05, 0) is 24.3 Å². The number of para-hydroxylation sites is 1. The van der Waals surface area contributed by atoms with Crippen LogP contribution in [0.25, 0.3) is 22.4 Å². The highest BCUT2D eigenvalue weighted by Gasteiger charge is 2.15. The molecule has 7 heteroatoms. The van der Waals surface area contributed by atoms with Crippen LogP contribution in [-0.4, -0.2) is 29.6 Å². The van der Waals surface area contributed by atoms with E-state index in [0.29, 0.717) is 22.7 Å². The standard InChI is InChI=1S/C13H12N4O2S/c1-20(18,19)10-4-2-3-9-12(10)17-13(16-9)8-5-6-11(14)15-7-8/h2-7H,1H3,(H2,14,15)(H,16,17). The zero-order chi connectivity index (χ0) is 14.3. The second-order valence-electron chi connectivity index (χ2n) is 4.48. The maximum Gasteiger partial charge on any atom is 0.177 e. The van der Waals surface area contributed by atoms with Gasteiger partial charge in [0.15, 0.2) is 9.84 Å². The molecular weight excluding hydrogens is 276 g/mol. The highest BCUT2D eigenvalue weighted by molar-refractivity contribution is 7.91. The van der Waals surface area contributed by atoms with Crippen LogP contribution in [0.5, 0.6) is 0 Å². The first-order valence-electron chi connectivity index (χ1n) is 5.86. The molecule has 0 aliphatic heterocycles. The lowest BCUT2D eigenvalue weighted by Gasteiger charge is -1.97. The molecule has 6 nitrogen and oxygen atoms in total. The Morgan fingerprint density at radius 2 is 2.00 bits per heavy atom. The molecule has 3 N–H and O–H groups in total. The van der Waals surface area contributed by atoms with Gasteiger partial charge in [0.1, 0.15) is 17.2 Å². The summed E-state index contributed by atoms with van der Waals surface area (Å²) in [6.07, 6.45) is 2.76. The van der Waals surface area contributed by atoms with E-state index in [2.05, 4.69) is 15.0 Å². The van der Waals surface area contributed by atoms with Gasteiger partial charge in [-0.1, -0.05) is 6.07 Å². The topological polar surface area (TPSA) is 102 Å². The van der Waals surface area contributed by atoms with Crippen LogP contribution in [0, 0.1) is 0 Å². The molecular formula is C13H12N4O2S. The number of imidazole rings is 1. The van der Waals surface area contributed by atoms with E-state index in [1.165, 1.54) is 6.26 Å². The van der Waals surface area contributed by atoms with Crippen molar-refractivity contribution in [1.29, 1.82) is 0 Å². The van der Waals surface area contributed by atoms with E-state index in [-0.39, 0.29) is 4.90 Å². The molecule has 0 atom stereocenters. The van der Waals surface area contributed by atoms with Crippen LogP contribution >= 0.6 is 0 Å². The summed E-state index contributed by atoms with van der Waals surface area (Å²) in [6.45, 7) is 0. The van der Waals surface area contributed by atoms with Gasteiger partial charge in [-0.2, -0.15) is 0 Å². The van der Waals surface area contributed by atoms with Crippen molar-refractivity contribution in [2.24, 2.45) is 0 Å².